The molecule has 6 N–H and O–H groups in total. The van der Waals surface area contributed by atoms with Gasteiger partial charge in [-0.15, -0.1) is 0 Å². The Balaban J connectivity index is 2.71. The summed E-state index contributed by atoms with van der Waals surface area (Å²) in [5.74, 6) is 0.402. The molecule has 0 radical (unpaired) electrons. The maximum atomic E-state index is 11.1. The van der Waals surface area contributed by atoms with E-state index < -0.39 is 16.1 Å². The van der Waals surface area contributed by atoms with Gasteiger partial charge in [0.15, 0.2) is 0 Å². The summed E-state index contributed by atoms with van der Waals surface area (Å²) in [6.07, 6.45) is 0.208. The van der Waals surface area contributed by atoms with Gasteiger partial charge in [-0.2, -0.15) is 0 Å². The molecule has 0 aliphatic heterocycles. The molecule has 108 valence electrons. The summed E-state index contributed by atoms with van der Waals surface area (Å²) in [6, 6.07) is 4.21. The first-order valence-electron chi connectivity index (χ1n) is 6.04. The summed E-state index contributed by atoms with van der Waals surface area (Å²) in [7, 11) is -3.75. The lowest BCUT2D eigenvalue weighted by Gasteiger charge is -2.16. The molecule has 0 saturated carbocycles. The Morgan fingerprint density at radius 3 is 2.47 bits per heavy atom. The fourth-order valence-electron chi connectivity index (χ4n) is 1.73. The molecule has 1 rings (SSSR count). The van der Waals surface area contributed by atoms with Crippen LogP contribution in [-0.4, -0.2) is 26.2 Å². The minimum Gasteiger partial charge on any atom is -0.397 e. The predicted molar refractivity (Wildman–Crippen MR) is 76.2 cm³/mol. The predicted octanol–water partition coefficient (Wildman–Crippen LogP) is 0.735. The van der Waals surface area contributed by atoms with Crippen molar-refractivity contribution in [2.24, 2.45) is 11.1 Å². The minimum atomic E-state index is -3.75. The van der Waals surface area contributed by atoms with Crippen LogP contribution in [0.3, 0.4) is 0 Å². The number of aliphatic hydroxyl groups excluding tert-OH is 1. The van der Waals surface area contributed by atoms with Crippen LogP contribution in [0.2, 0.25) is 0 Å². The Bertz CT molecular complexity index is 529. The second-order valence-corrected chi connectivity index (χ2v) is 6.52. The van der Waals surface area contributed by atoms with Gasteiger partial charge in [-0.1, -0.05) is 13.8 Å². The molecule has 0 spiro atoms. The zero-order valence-corrected chi connectivity index (χ0v) is 11.9. The number of benzene rings is 1. The largest absolute Gasteiger partial charge is 0.397 e. The van der Waals surface area contributed by atoms with Crippen LogP contribution in [-0.2, 0) is 10.0 Å². The van der Waals surface area contributed by atoms with E-state index in [1.54, 1.807) is 0 Å². The van der Waals surface area contributed by atoms with Gasteiger partial charge in [0, 0.05) is 6.54 Å². The molecule has 0 aliphatic rings. The van der Waals surface area contributed by atoms with Gasteiger partial charge in [0.05, 0.1) is 22.4 Å². The normalized spacial score (nSPS) is 13.5. The number of primary sulfonamides is 1. The first-order valence-corrected chi connectivity index (χ1v) is 7.59. The van der Waals surface area contributed by atoms with E-state index in [0.29, 0.717) is 24.6 Å². The molecule has 0 saturated heterocycles. The van der Waals surface area contributed by atoms with Gasteiger partial charge >= 0.3 is 0 Å². The van der Waals surface area contributed by atoms with Crippen LogP contribution in [0.25, 0.3) is 0 Å². The highest BCUT2D eigenvalue weighted by atomic mass is 32.2. The van der Waals surface area contributed by atoms with E-state index >= 15 is 0 Å². The van der Waals surface area contributed by atoms with Crippen molar-refractivity contribution in [1.82, 2.24) is 0 Å². The average Bonchev–Trinajstić information content (AvgIpc) is 2.25. The highest BCUT2D eigenvalue weighted by molar-refractivity contribution is 7.89. The van der Waals surface area contributed by atoms with Crippen molar-refractivity contribution < 1.29 is 13.5 Å². The van der Waals surface area contributed by atoms with Crippen LogP contribution in [0.5, 0.6) is 0 Å². The van der Waals surface area contributed by atoms with Gasteiger partial charge in [-0.05, 0) is 30.5 Å². The third-order valence-corrected chi connectivity index (χ3v) is 3.53. The molecule has 0 amide bonds. The molecular formula is C12H21N3O3S. The van der Waals surface area contributed by atoms with Crippen LogP contribution in [0.4, 0.5) is 11.4 Å². The van der Waals surface area contributed by atoms with Crippen LogP contribution >= 0.6 is 0 Å². The Hall–Kier alpha value is -1.31. The summed E-state index contributed by atoms with van der Waals surface area (Å²) in [5.41, 5.74) is 6.60. The molecule has 0 aromatic heterocycles. The number of rotatable bonds is 6. The van der Waals surface area contributed by atoms with Crippen LogP contribution in [0.1, 0.15) is 20.3 Å². The molecule has 7 heteroatoms. The number of aliphatic hydroxyl groups is 1. The van der Waals surface area contributed by atoms with E-state index in [4.69, 9.17) is 10.9 Å². The highest BCUT2D eigenvalue weighted by Gasteiger charge is 2.11. The lowest BCUT2D eigenvalue weighted by molar-refractivity contribution is 0.161. The molecule has 6 nitrogen and oxygen atoms in total. The Morgan fingerprint density at radius 1 is 1.37 bits per heavy atom. The van der Waals surface area contributed by atoms with Crippen molar-refractivity contribution in [3.8, 4) is 0 Å². The lowest BCUT2D eigenvalue weighted by Crippen LogP contribution is -2.21. The van der Waals surface area contributed by atoms with E-state index in [1.807, 2.05) is 13.8 Å². The number of nitrogens with one attached hydrogen (secondary N) is 1. The van der Waals surface area contributed by atoms with Gasteiger partial charge in [0.25, 0.3) is 0 Å². The van der Waals surface area contributed by atoms with Crippen molar-refractivity contribution in [2.45, 2.75) is 31.3 Å². The highest BCUT2D eigenvalue weighted by Crippen LogP contribution is 2.22. The first-order chi connectivity index (χ1) is 8.70. The van der Waals surface area contributed by atoms with Crippen LogP contribution in [0.15, 0.2) is 23.1 Å². The first kappa shape index (κ1) is 15.7. The van der Waals surface area contributed by atoms with E-state index in [0.717, 1.165) is 0 Å². The summed E-state index contributed by atoms with van der Waals surface area (Å²) < 4.78 is 22.3. The SMILES string of the molecule is CC(C)CC(O)CNc1ccc(S(N)(=O)=O)cc1N. The summed E-state index contributed by atoms with van der Waals surface area (Å²) in [4.78, 5) is -0.0294. The molecule has 1 aromatic carbocycles. The lowest BCUT2D eigenvalue weighted by atomic mass is 10.1. The van der Waals surface area contributed by atoms with Gasteiger partial charge in [-0.25, -0.2) is 13.6 Å². The Labute approximate surface area is 113 Å². The third kappa shape index (κ3) is 5.06. The number of hydrogen-bond donors (Lipinski definition) is 4. The molecule has 1 unspecified atom stereocenters. The zero-order chi connectivity index (χ0) is 14.6. The zero-order valence-electron chi connectivity index (χ0n) is 11.1. The minimum absolute atomic E-state index is 0.0294. The van der Waals surface area contributed by atoms with Crippen molar-refractivity contribution in [3.05, 3.63) is 18.2 Å². The quantitative estimate of drug-likeness (QED) is 0.575. The fourth-order valence-corrected chi connectivity index (χ4v) is 2.28. The van der Waals surface area contributed by atoms with E-state index in [-0.39, 0.29) is 10.6 Å². The summed E-state index contributed by atoms with van der Waals surface area (Å²) >= 11 is 0. The maximum Gasteiger partial charge on any atom is 0.238 e. The number of hydrogen-bond acceptors (Lipinski definition) is 5. The number of nitrogens with two attached hydrogens (primary N) is 2. The summed E-state index contributed by atoms with van der Waals surface area (Å²) in [6.45, 7) is 4.41. The summed E-state index contributed by atoms with van der Waals surface area (Å²) in [5, 5.41) is 17.7. The molecule has 1 atom stereocenters. The van der Waals surface area contributed by atoms with E-state index in [9.17, 15) is 13.5 Å². The molecule has 0 aliphatic carbocycles. The molecule has 1 aromatic rings. The van der Waals surface area contributed by atoms with Crippen molar-refractivity contribution >= 4 is 21.4 Å². The van der Waals surface area contributed by atoms with Crippen LogP contribution < -0.4 is 16.2 Å². The van der Waals surface area contributed by atoms with Crippen molar-refractivity contribution in [2.75, 3.05) is 17.6 Å². The standard InChI is InChI=1S/C12H21N3O3S/c1-8(2)5-9(16)7-15-12-4-3-10(6-11(12)13)19(14,17)18/h3-4,6,8-9,15-16H,5,7,13H2,1-2H3,(H2,14,17,18). The average molecular weight is 287 g/mol. The maximum absolute atomic E-state index is 11.1. The third-order valence-electron chi connectivity index (χ3n) is 2.62. The topological polar surface area (TPSA) is 118 Å². The monoisotopic (exact) mass is 287 g/mol. The number of nitrogen functional groups attached to an aromatic ring is 1. The van der Waals surface area contributed by atoms with Gasteiger partial charge in [0.1, 0.15) is 0 Å². The molecule has 0 bridgehead atoms. The molecule has 0 heterocycles. The van der Waals surface area contributed by atoms with Crippen LogP contribution in [0, 0.1) is 5.92 Å². The Kier molecular flexibility index (Phi) is 5.16. The number of anilines is 2. The fraction of sp³-hybridized carbons (Fsp3) is 0.500. The molecule has 19 heavy (non-hydrogen) atoms. The van der Waals surface area contributed by atoms with Gasteiger partial charge in [-0.3, -0.25) is 0 Å². The second kappa shape index (κ2) is 6.23. The van der Waals surface area contributed by atoms with E-state index in [2.05, 4.69) is 5.32 Å². The number of sulfonamides is 1. The molecular weight excluding hydrogens is 266 g/mol. The molecule has 0 fully saturated rings. The van der Waals surface area contributed by atoms with Crippen molar-refractivity contribution in [3.63, 3.8) is 0 Å². The van der Waals surface area contributed by atoms with Crippen molar-refractivity contribution in [1.29, 1.82) is 0 Å². The smallest absolute Gasteiger partial charge is 0.238 e. The Morgan fingerprint density at radius 2 is 2.00 bits per heavy atom. The second-order valence-electron chi connectivity index (χ2n) is 4.96. The van der Waals surface area contributed by atoms with Gasteiger partial charge in [0.2, 0.25) is 10.0 Å². The van der Waals surface area contributed by atoms with E-state index in [1.165, 1.54) is 18.2 Å². The van der Waals surface area contributed by atoms with Gasteiger partial charge < -0.3 is 16.2 Å².